The van der Waals surface area contributed by atoms with Crippen molar-refractivity contribution in [1.82, 2.24) is 4.31 Å². The van der Waals surface area contributed by atoms with Crippen molar-refractivity contribution in [3.8, 4) is 5.75 Å². The number of methoxy groups -OCH3 is 1. The van der Waals surface area contributed by atoms with Crippen LogP contribution in [0.2, 0.25) is 0 Å². The van der Waals surface area contributed by atoms with Crippen LogP contribution < -0.4 is 4.74 Å². The predicted octanol–water partition coefficient (Wildman–Crippen LogP) is 3.81. The van der Waals surface area contributed by atoms with Crippen molar-refractivity contribution in [2.45, 2.75) is 6.42 Å². The minimum Gasteiger partial charge on any atom is -0.492 e. The van der Waals surface area contributed by atoms with Gasteiger partial charge in [-0.25, -0.2) is 13.5 Å². The minimum atomic E-state index is -0.383. The van der Waals surface area contributed by atoms with Gasteiger partial charge in [0.05, 0.1) is 24.7 Å². The summed E-state index contributed by atoms with van der Waals surface area (Å²) < 4.78 is 25.9. The monoisotopic (exact) mass is 359 g/mol. The van der Waals surface area contributed by atoms with Crippen LogP contribution in [-0.4, -0.2) is 30.7 Å². The van der Waals surface area contributed by atoms with Gasteiger partial charge in [-0.2, -0.15) is 0 Å². The predicted molar refractivity (Wildman–Crippen MR) is 77.8 cm³/mol. The van der Waals surface area contributed by atoms with E-state index in [2.05, 4.69) is 15.9 Å². The van der Waals surface area contributed by atoms with Gasteiger partial charge in [0.15, 0.2) is 0 Å². The highest BCUT2D eigenvalue weighted by Gasteiger charge is 2.32. The van der Waals surface area contributed by atoms with E-state index in [4.69, 9.17) is 9.47 Å². The lowest BCUT2D eigenvalue weighted by molar-refractivity contribution is 0.155. The molecule has 0 spiro atoms. The number of amides is 1. The lowest BCUT2D eigenvalue weighted by Crippen LogP contribution is -2.22. The molecular weight excluding hydrogens is 349 g/mol. The molecule has 0 saturated heterocycles. The maximum atomic E-state index is 13.6. The molecule has 0 radical (unpaired) electrons. The topological polar surface area (TPSA) is 38.8 Å². The lowest BCUT2D eigenvalue weighted by Gasteiger charge is -2.15. The summed E-state index contributed by atoms with van der Waals surface area (Å²) in [4.78, 5) is 12.7. The Morgan fingerprint density at radius 1 is 1.55 bits per heavy atom. The summed E-state index contributed by atoms with van der Waals surface area (Å²) in [7, 11) is 1.36. The van der Waals surface area contributed by atoms with Crippen LogP contribution in [0.3, 0.4) is 0 Å². The Bertz CT molecular complexity index is 620. The highest BCUT2D eigenvalue weighted by atomic mass is 79.9. The summed E-state index contributed by atoms with van der Waals surface area (Å²) in [5.74, 6) is 0.159. The molecule has 20 heavy (non-hydrogen) atoms. The number of ether oxygens (including phenoxy) is 2. The van der Waals surface area contributed by atoms with Gasteiger partial charge < -0.3 is 9.47 Å². The smallest absolute Gasteiger partial charge is 0.420 e. The number of hydrogen-bond acceptors (Lipinski definition) is 4. The average Bonchev–Trinajstić information content (AvgIpc) is 2.79. The molecule has 0 bridgehead atoms. The van der Waals surface area contributed by atoms with Crippen molar-refractivity contribution in [2.24, 2.45) is 0 Å². The standard InChI is InChI=1S/C13H11BrFNO3S/c1-18-13(17)16-6-8-7-4-9(14)10(15)5-11(7)19-3-2-12(8)20-16/h4-5H,2-3,6H2,1H3. The van der Waals surface area contributed by atoms with E-state index in [0.29, 0.717) is 29.8 Å². The third-order valence-electron chi connectivity index (χ3n) is 3.17. The van der Waals surface area contributed by atoms with Gasteiger partial charge >= 0.3 is 6.09 Å². The maximum absolute atomic E-state index is 13.6. The number of carbonyl (C=O) groups excluding carboxylic acids is 1. The molecule has 0 unspecified atom stereocenters. The molecule has 0 aliphatic carbocycles. The number of benzene rings is 1. The molecule has 1 amide bonds. The molecule has 0 fully saturated rings. The Hall–Kier alpha value is -1.21. The fourth-order valence-corrected chi connectivity index (χ4v) is 3.64. The Morgan fingerprint density at radius 2 is 2.35 bits per heavy atom. The van der Waals surface area contributed by atoms with Gasteiger partial charge in [-0.05, 0) is 39.5 Å². The molecule has 1 aromatic carbocycles. The molecule has 2 aliphatic rings. The third kappa shape index (κ3) is 2.29. The number of fused-ring (bicyclic) bond motifs is 2. The van der Waals surface area contributed by atoms with Gasteiger partial charge in [0, 0.05) is 23.0 Å². The van der Waals surface area contributed by atoms with E-state index < -0.39 is 0 Å². The molecule has 0 aromatic heterocycles. The minimum absolute atomic E-state index is 0.358. The van der Waals surface area contributed by atoms with Crippen LogP contribution in [-0.2, 0) is 4.74 Å². The molecule has 0 saturated carbocycles. The van der Waals surface area contributed by atoms with E-state index in [9.17, 15) is 9.18 Å². The van der Waals surface area contributed by atoms with Crippen molar-refractivity contribution in [2.75, 3.05) is 20.3 Å². The van der Waals surface area contributed by atoms with Crippen LogP contribution in [0.15, 0.2) is 21.5 Å². The maximum Gasteiger partial charge on any atom is 0.420 e. The van der Waals surface area contributed by atoms with E-state index in [-0.39, 0.29) is 11.9 Å². The number of halogens is 2. The summed E-state index contributed by atoms with van der Waals surface area (Å²) in [5.41, 5.74) is 1.82. The first-order valence-corrected chi connectivity index (χ1v) is 7.54. The second kappa shape index (κ2) is 5.29. The highest BCUT2D eigenvalue weighted by Crippen LogP contribution is 2.45. The van der Waals surface area contributed by atoms with Crippen molar-refractivity contribution in [1.29, 1.82) is 0 Å². The zero-order chi connectivity index (χ0) is 14.3. The molecule has 3 rings (SSSR count). The van der Waals surface area contributed by atoms with E-state index in [1.165, 1.54) is 25.1 Å². The Morgan fingerprint density at radius 3 is 3.10 bits per heavy atom. The summed E-state index contributed by atoms with van der Waals surface area (Å²) in [6.45, 7) is 0.899. The van der Waals surface area contributed by atoms with Crippen molar-refractivity contribution >= 4 is 39.5 Å². The Balaban J connectivity index is 2.01. The van der Waals surface area contributed by atoms with Crippen molar-refractivity contribution in [3.05, 3.63) is 32.9 Å². The van der Waals surface area contributed by atoms with E-state index in [0.717, 1.165) is 16.0 Å². The number of nitrogens with zero attached hydrogens (tertiary/aromatic N) is 1. The molecule has 7 heteroatoms. The summed E-state index contributed by atoms with van der Waals surface area (Å²) in [6, 6.07) is 3.08. The van der Waals surface area contributed by atoms with Gasteiger partial charge in [-0.15, -0.1) is 0 Å². The third-order valence-corrected chi connectivity index (χ3v) is 4.95. The molecule has 4 nitrogen and oxygen atoms in total. The fourth-order valence-electron chi connectivity index (χ4n) is 2.23. The summed E-state index contributed by atoms with van der Waals surface area (Å²) in [6.07, 6.45) is 0.313. The normalized spacial score (nSPS) is 17.2. The second-order valence-corrected chi connectivity index (χ2v) is 6.33. The summed E-state index contributed by atoms with van der Waals surface area (Å²) in [5, 5.41) is 0. The second-order valence-electron chi connectivity index (χ2n) is 4.36. The quantitative estimate of drug-likeness (QED) is 0.660. The first-order chi connectivity index (χ1) is 9.60. The van der Waals surface area contributed by atoms with Crippen LogP contribution >= 0.6 is 27.9 Å². The lowest BCUT2D eigenvalue weighted by atomic mass is 10.0. The first-order valence-electron chi connectivity index (χ1n) is 5.98. The van der Waals surface area contributed by atoms with Crippen LogP contribution in [0.5, 0.6) is 5.75 Å². The van der Waals surface area contributed by atoms with Gasteiger partial charge in [0.1, 0.15) is 11.6 Å². The van der Waals surface area contributed by atoms with Gasteiger partial charge in [0.25, 0.3) is 0 Å². The highest BCUT2D eigenvalue weighted by molar-refractivity contribution is 9.10. The Labute approximate surface area is 128 Å². The number of rotatable bonds is 0. The fraction of sp³-hybridized carbons (Fsp3) is 0.308. The number of hydrogen-bond donors (Lipinski definition) is 0. The largest absolute Gasteiger partial charge is 0.492 e. The molecular formula is C13H11BrFNO3S. The van der Waals surface area contributed by atoms with Crippen molar-refractivity contribution in [3.63, 3.8) is 0 Å². The number of carbonyl (C=O) groups is 1. The molecule has 1 aromatic rings. The molecule has 2 aliphatic heterocycles. The van der Waals surface area contributed by atoms with Crippen LogP contribution in [0.25, 0.3) is 5.57 Å². The van der Waals surface area contributed by atoms with Crippen LogP contribution in [0.4, 0.5) is 9.18 Å². The zero-order valence-corrected chi connectivity index (χ0v) is 13.0. The van der Waals surface area contributed by atoms with E-state index in [1.807, 2.05) is 0 Å². The zero-order valence-electron chi connectivity index (χ0n) is 10.6. The van der Waals surface area contributed by atoms with E-state index in [1.54, 1.807) is 10.4 Å². The summed E-state index contributed by atoms with van der Waals surface area (Å²) >= 11 is 4.55. The Kier molecular flexibility index (Phi) is 3.64. The molecule has 0 N–H and O–H groups in total. The van der Waals surface area contributed by atoms with Gasteiger partial charge in [-0.3, -0.25) is 0 Å². The van der Waals surface area contributed by atoms with Gasteiger partial charge in [-0.1, -0.05) is 0 Å². The van der Waals surface area contributed by atoms with Crippen molar-refractivity contribution < 1.29 is 18.7 Å². The molecule has 2 heterocycles. The van der Waals surface area contributed by atoms with Gasteiger partial charge in [0.2, 0.25) is 0 Å². The molecule has 0 atom stereocenters. The van der Waals surface area contributed by atoms with E-state index >= 15 is 0 Å². The SMILES string of the molecule is COC(=O)N1CC2=C(CCOc3cc(F)c(Br)cc32)S1. The first kappa shape index (κ1) is 13.8. The molecule has 106 valence electrons. The van der Waals surface area contributed by atoms with Crippen LogP contribution in [0, 0.1) is 5.82 Å². The van der Waals surface area contributed by atoms with Crippen LogP contribution in [0.1, 0.15) is 12.0 Å². The average molecular weight is 360 g/mol.